The number of carbonyl (C=O) groups excluding carboxylic acids is 1. The topological polar surface area (TPSA) is 92.5 Å². The highest BCUT2D eigenvalue weighted by molar-refractivity contribution is 7.92. The van der Waals surface area contributed by atoms with Crippen LogP contribution in [0.4, 0.5) is 11.5 Å². The summed E-state index contributed by atoms with van der Waals surface area (Å²) in [6.45, 7) is 2.27. The lowest BCUT2D eigenvalue weighted by molar-refractivity contribution is 0.0985. The summed E-state index contributed by atoms with van der Waals surface area (Å²) < 4.78 is 32.5. The summed E-state index contributed by atoms with van der Waals surface area (Å²) in [6, 6.07) is 15.3. The van der Waals surface area contributed by atoms with Gasteiger partial charge in [-0.25, -0.2) is 8.42 Å². The second-order valence-electron chi connectivity index (χ2n) is 6.65. The molecule has 2 aromatic carbocycles. The average Bonchev–Trinajstić information content (AvgIpc) is 3.11. The van der Waals surface area contributed by atoms with Gasteiger partial charge in [0, 0.05) is 23.9 Å². The number of aryl methyl sites for hydroxylation is 2. The number of nitrogens with one attached hydrogen (secondary N) is 1. The highest BCUT2D eigenvalue weighted by Crippen LogP contribution is 2.28. The molecule has 1 aliphatic rings. The summed E-state index contributed by atoms with van der Waals surface area (Å²) in [6.07, 6.45) is 1.79. The summed E-state index contributed by atoms with van der Waals surface area (Å²) in [5.41, 5.74) is 2.31. The number of hydrogen-bond acceptors (Lipinski definition) is 5. The van der Waals surface area contributed by atoms with Gasteiger partial charge >= 0.3 is 0 Å². The van der Waals surface area contributed by atoms with Crippen molar-refractivity contribution < 1.29 is 17.7 Å². The predicted octanol–water partition coefficient (Wildman–Crippen LogP) is 3.38. The van der Waals surface area contributed by atoms with Gasteiger partial charge in [-0.2, -0.15) is 0 Å². The normalized spacial score (nSPS) is 13.8. The molecule has 28 heavy (non-hydrogen) atoms. The highest BCUT2D eigenvalue weighted by atomic mass is 32.2. The quantitative estimate of drug-likeness (QED) is 0.729. The molecule has 0 saturated carbocycles. The average molecular weight is 397 g/mol. The van der Waals surface area contributed by atoms with E-state index in [2.05, 4.69) is 9.88 Å². The lowest BCUT2D eigenvalue weighted by Gasteiger charge is -2.29. The van der Waals surface area contributed by atoms with Crippen LogP contribution in [0, 0.1) is 6.92 Å². The molecule has 0 fully saturated rings. The number of aromatic nitrogens is 1. The van der Waals surface area contributed by atoms with Crippen LogP contribution in [0.15, 0.2) is 64.0 Å². The van der Waals surface area contributed by atoms with E-state index in [1.165, 1.54) is 18.2 Å². The number of carbonyl (C=O) groups is 1. The Balaban J connectivity index is 1.63. The van der Waals surface area contributed by atoms with E-state index in [0.717, 1.165) is 24.1 Å². The van der Waals surface area contributed by atoms with Crippen molar-refractivity contribution in [1.82, 2.24) is 5.16 Å². The minimum Gasteiger partial charge on any atom is -0.360 e. The lowest BCUT2D eigenvalue weighted by atomic mass is 10.0. The summed E-state index contributed by atoms with van der Waals surface area (Å²) in [5, 5.41) is 3.64. The van der Waals surface area contributed by atoms with Crippen molar-refractivity contribution in [2.45, 2.75) is 24.7 Å². The molecule has 1 aliphatic heterocycles. The molecule has 144 valence electrons. The van der Waals surface area contributed by atoms with Crippen LogP contribution in [0.3, 0.4) is 0 Å². The summed E-state index contributed by atoms with van der Waals surface area (Å²) in [4.78, 5) is 14.8. The van der Waals surface area contributed by atoms with E-state index in [0.29, 0.717) is 17.9 Å². The largest absolute Gasteiger partial charge is 0.360 e. The molecule has 7 nitrogen and oxygen atoms in total. The molecule has 1 N–H and O–H groups in total. The fourth-order valence-corrected chi connectivity index (χ4v) is 4.34. The van der Waals surface area contributed by atoms with E-state index in [1.54, 1.807) is 24.0 Å². The van der Waals surface area contributed by atoms with Crippen molar-refractivity contribution in [2.75, 3.05) is 16.2 Å². The van der Waals surface area contributed by atoms with Crippen LogP contribution >= 0.6 is 0 Å². The molecule has 4 rings (SSSR count). The van der Waals surface area contributed by atoms with Crippen LogP contribution in [0.1, 0.15) is 28.1 Å². The Hall–Kier alpha value is -3.13. The zero-order valence-corrected chi connectivity index (χ0v) is 16.1. The molecule has 0 spiro atoms. The standard InChI is InChI=1S/C20H19N3O4S/c1-14-12-19(21-27-14)22-28(25,26)17-9-4-7-16(13-17)20(24)23-11-5-8-15-6-2-3-10-18(15)23/h2-4,6-7,9-10,12-13H,5,8,11H2,1H3,(H,21,22). The SMILES string of the molecule is Cc1cc(NS(=O)(=O)c2cccc(C(=O)N3CCCc4ccccc43)c2)no1. The fraction of sp³-hybridized carbons (Fsp3) is 0.200. The number of benzene rings is 2. The van der Waals surface area contributed by atoms with Crippen molar-refractivity contribution in [3.05, 3.63) is 71.5 Å². The Kier molecular flexibility index (Phi) is 4.64. The molecule has 8 heteroatoms. The van der Waals surface area contributed by atoms with Crippen LogP contribution in [0.5, 0.6) is 0 Å². The van der Waals surface area contributed by atoms with Gasteiger partial charge in [-0.15, -0.1) is 0 Å². The van der Waals surface area contributed by atoms with Gasteiger partial charge in [0.05, 0.1) is 4.90 Å². The lowest BCUT2D eigenvalue weighted by Crippen LogP contribution is -2.35. The van der Waals surface area contributed by atoms with Gasteiger partial charge < -0.3 is 9.42 Å². The number of hydrogen-bond donors (Lipinski definition) is 1. The van der Waals surface area contributed by atoms with Crippen LogP contribution in [0.25, 0.3) is 0 Å². The van der Waals surface area contributed by atoms with Gasteiger partial charge in [0.1, 0.15) is 5.76 Å². The molecule has 2 heterocycles. The number of fused-ring (bicyclic) bond motifs is 1. The van der Waals surface area contributed by atoms with Crippen LogP contribution in [0.2, 0.25) is 0 Å². The maximum absolute atomic E-state index is 13.1. The van der Waals surface area contributed by atoms with Crippen molar-refractivity contribution in [3.63, 3.8) is 0 Å². The minimum absolute atomic E-state index is 0.00991. The molecule has 0 bridgehead atoms. The summed E-state index contributed by atoms with van der Waals surface area (Å²) in [5.74, 6) is 0.367. The van der Waals surface area contributed by atoms with Gasteiger partial charge in [0.15, 0.2) is 5.82 Å². The van der Waals surface area contributed by atoms with Gasteiger partial charge in [0.25, 0.3) is 15.9 Å². The van der Waals surface area contributed by atoms with E-state index in [-0.39, 0.29) is 16.6 Å². The number of para-hydroxylation sites is 1. The minimum atomic E-state index is -3.89. The summed E-state index contributed by atoms with van der Waals surface area (Å²) >= 11 is 0. The van der Waals surface area contributed by atoms with E-state index in [1.807, 2.05) is 24.3 Å². The smallest absolute Gasteiger partial charge is 0.263 e. The predicted molar refractivity (Wildman–Crippen MR) is 105 cm³/mol. The molecule has 3 aromatic rings. The first-order valence-corrected chi connectivity index (χ1v) is 10.4. The first-order chi connectivity index (χ1) is 13.4. The van der Waals surface area contributed by atoms with Crippen molar-refractivity contribution in [2.24, 2.45) is 0 Å². The van der Waals surface area contributed by atoms with Gasteiger partial charge in [-0.1, -0.05) is 29.4 Å². The van der Waals surface area contributed by atoms with Crippen LogP contribution in [-0.2, 0) is 16.4 Å². The molecule has 0 radical (unpaired) electrons. The Morgan fingerprint density at radius 1 is 1.14 bits per heavy atom. The van der Waals surface area contributed by atoms with Crippen LogP contribution in [-0.4, -0.2) is 26.0 Å². The fourth-order valence-electron chi connectivity index (χ4n) is 3.31. The zero-order chi connectivity index (χ0) is 19.7. The molecule has 0 atom stereocenters. The van der Waals surface area contributed by atoms with Gasteiger partial charge in [-0.05, 0) is 49.6 Å². The molecule has 1 aromatic heterocycles. The second kappa shape index (κ2) is 7.12. The van der Waals surface area contributed by atoms with E-state index < -0.39 is 10.0 Å². The third-order valence-corrected chi connectivity index (χ3v) is 5.97. The number of nitrogens with zero attached hydrogens (tertiary/aromatic N) is 2. The molecular formula is C20H19N3O4S. The maximum Gasteiger partial charge on any atom is 0.263 e. The molecule has 0 saturated heterocycles. The maximum atomic E-state index is 13.1. The van der Waals surface area contributed by atoms with Crippen LogP contribution < -0.4 is 9.62 Å². The van der Waals surface area contributed by atoms with Gasteiger partial charge in [-0.3, -0.25) is 9.52 Å². The monoisotopic (exact) mass is 397 g/mol. The van der Waals surface area contributed by atoms with Crippen molar-refractivity contribution in [1.29, 1.82) is 0 Å². The van der Waals surface area contributed by atoms with Crippen molar-refractivity contribution in [3.8, 4) is 0 Å². The third kappa shape index (κ3) is 3.50. The molecular weight excluding hydrogens is 378 g/mol. The Morgan fingerprint density at radius 3 is 2.75 bits per heavy atom. The molecule has 0 aliphatic carbocycles. The zero-order valence-electron chi connectivity index (χ0n) is 15.3. The second-order valence-corrected chi connectivity index (χ2v) is 8.33. The Labute approximate surface area is 163 Å². The first kappa shape index (κ1) is 18.2. The number of rotatable bonds is 4. The summed E-state index contributed by atoms with van der Waals surface area (Å²) in [7, 11) is -3.89. The Bertz CT molecular complexity index is 1140. The van der Waals surface area contributed by atoms with E-state index in [4.69, 9.17) is 4.52 Å². The van der Waals surface area contributed by atoms with E-state index >= 15 is 0 Å². The molecule has 1 amide bonds. The highest BCUT2D eigenvalue weighted by Gasteiger charge is 2.25. The Morgan fingerprint density at radius 2 is 1.96 bits per heavy atom. The number of anilines is 2. The molecule has 0 unspecified atom stereocenters. The number of sulfonamides is 1. The van der Waals surface area contributed by atoms with Crippen molar-refractivity contribution >= 4 is 27.4 Å². The van der Waals surface area contributed by atoms with E-state index in [9.17, 15) is 13.2 Å². The third-order valence-electron chi connectivity index (χ3n) is 4.61. The first-order valence-electron chi connectivity index (χ1n) is 8.90. The van der Waals surface area contributed by atoms with Gasteiger partial charge in [0.2, 0.25) is 0 Å². The number of amides is 1.